The van der Waals surface area contributed by atoms with E-state index >= 15 is 0 Å². The van der Waals surface area contributed by atoms with Crippen LogP contribution in [0.15, 0.2) is 33.5 Å². The number of aromatic amines is 2. The van der Waals surface area contributed by atoms with Crippen LogP contribution in [0.4, 0.5) is 4.39 Å². The predicted molar refractivity (Wildman–Crippen MR) is 85.9 cm³/mol. The molecule has 0 radical (unpaired) electrons. The molecule has 2 N–H and O–H groups in total. The Kier molecular flexibility index (Phi) is 4.14. The number of H-pyrrole nitrogens is 2. The van der Waals surface area contributed by atoms with Gasteiger partial charge >= 0.3 is 5.69 Å². The Balaban J connectivity index is 1.58. The van der Waals surface area contributed by atoms with Crippen molar-refractivity contribution in [3.05, 3.63) is 52.3 Å². The molecule has 25 heavy (non-hydrogen) atoms. The van der Waals surface area contributed by atoms with E-state index in [0.717, 1.165) is 25.8 Å². The highest BCUT2D eigenvalue weighted by atomic mass is 19.1. The minimum absolute atomic E-state index is 0.0815. The van der Waals surface area contributed by atoms with Crippen molar-refractivity contribution in [1.82, 2.24) is 30.3 Å². The third kappa shape index (κ3) is 3.22. The number of piperidine rings is 1. The fourth-order valence-electron chi connectivity index (χ4n) is 3.15. The molecule has 0 spiro atoms. The Labute approximate surface area is 142 Å². The number of aromatic nitrogens is 5. The van der Waals surface area contributed by atoms with Gasteiger partial charge in [-0.05, 0) is 31.5 Å². The Morgan fingerprint density at radius 1 is 1.28 bits per heavy atom. The second-order valence-corrected chi connectivity index (χ2v) is 6.03. The monoisotopic (exact) mass is 344 g/mol. The van der Waals surface area contributed by atoms with Crippen LogP contribution in [-0.2, 0) is 6.54 Å². The van der Waals surface area contributed by atoms with Gasteiger partial charge in [0.25, 0.3) is 5.89 Å². The molecule has 0 amide bonds. The fraction of sp³-hybridized carbons (Fsp3) is 0.375. The van der Waals surface area contributed by atoms with E-state index in [1.807, 2.05) is 0 Å². The van der Waals surface area contributed by atoms with Gasteiger partial charge in [-0.3, -0.25) is 9.88 Å². The van der Waals surface area contributed by atoms with E-state index in [1.54, 1.807) is 18.2 Å². The summed E-state index contributed by atoms with van der Waals surface area (Å²) >= 11 is 0. The van der Waals surface area contributed by atoms with Crippen LogP contribution in [-0.4, -0.2) is 36.8 Å². The van der Waals surface area contributed by atoms with E-state index in [2.05, 4.69) is 30.3 Å². The summed E-state index contributed by atoms with van der Waals surface area (Å²) in [5.41, 5.74) is -0.0385. The van der Waals surface area contributed by atoms with Crippen molar-refractivity contribution in [3.63, 3.8) is 0 Å². The van der Waals surface area contributed by atoms with Crippen LogP contribution >= 0.6 is 0 Å². The molecule has 1 fully saturated rings. The molecule has 9 heteroatoms. The Bertz CT molecular complexity index is 917. The SMILES string of the molecule is O=c1[nH]nc(CN2CCCCC2c2nnc(-c3ccccc3F)o2)[nH]1. The van der Waals surface area contributed by atoms with E-state index in [9.17, 15) is 9.18 Å². The Morgan fingerprint density at radius 3 is 2.96 bits per heavy atom. The second-order valence-electron chi connectivity index (χ2n) is 6.03. The van der Waals surface area contributed by atoms with E-state index < -0.39 is 5.82 Å². The maximum absolute atomic E-state index is 13.9. The highest BCUT2D eigenvalue weighted by Gasteiger charge is 2.29. The zero-order chi connectivity index (χ0) is 17.2. The van der Waals surface area contributed by atoms with Gasteiger partial charge in [0.05, 0.1) is 18.2 Å². The summed E-state index contributed by atoms with van der Waals surface area (Å²) < 4.78 is 19.7. The van der Waals surface area contributed by atoms with Crippen molar-refractivity contribution < 1.29 is 8.81 Å². The Morgan fingerprint density at radius 2 is 2.16 bits per heavy atom. The molecule has 130 valence electrons. The minimum Gasteiger partial charge on any atom is -0.419 e. The van der Waals surface area contributed by atoms with Crippen LogP contribution in [0.3, 0.4) is 0 Å². The minimum atomic E-state index is -0.396. The zero-order valence-corrected chi connectivity index (χ0v) is 13.4. The summed E-state index contributed by atoms with van der Waals surface area (Å²) in [6.45, 7) is 1.30. The summed E-state index contributed by atoms with van der Waals surface area (Å²) in [4.78, 5) is 16.0. The molecule has 1 aromatic carbocycles. The van der Waals surface area contributed by atoms with Crippen molar-refractivity contribution in [2.75, 3.05) is 6.54 Å². The lowest BCUT2D eigenvalue weighted by Gasteiger charge is -2.32. The van der Waals surface area contributed by atoms with Crippen molar-refractivity contribution >= 4 is 0 Å². The van der Waals surface area contributed by atoms with Gasteiger partial charge in [-0.2, -0.15) is 5.10 Å². The zero-order valence-electron chi connectivity index (χ0n) is 13.4. The fourth-order valence-corrected chi connectivity index (χ4v) is 3.15. The van der Waals surface area contributed by atoms with Gasteiger partial charge in [0, 0.05) is 0 Å². The molecular weight excluding hydrogens is 327 g/mol. The second kappa shape index (κ2) is 6.60. The molecule has 1 aliphatic heterocycles. The smallest absolute Gasteiger partial charge is 0.340 e. The lowest BCUT2D eigenvalue weighted by atomic mass is 10.0. The number of benzene rings is 1. The maximum atomic E-state index is 13.9. The number of likely N-dealkylation sites (tertiary alicyclic amines) is 1. The molecule has 0 bridgehead atoms. The normalized spacial score (nSPS) is 18.5. The van der Waals surface area contributed by atoms with E-state index in [1.165, 1.54) is 6.07 Å². The topological polar surface area (TPSA) is 104 Å². The molecule has 3 heterocycles. The summed E-state index contributed by atoms with van der Waals surface area (Å²) in [5.74, 6) is 0.792. The number of nitrogens with zero attached hydrogens (tertiary/aromatic N) is 4. The standard InChI is InChI=1S/C16H17FN6O2/c17-11-6-2-1-5-10(11)14-20-21-15(25-14)12-7-3-4-8-23(12)9-13-18-16(24)22-19-13/h1-2,5-6,12H,3-4,7-9H2,(H2,18,19,22,24). The van der Waals surface area contributed by atoms with Crippen LogP contribution in [0, 0.1) is 5.82 Å². The summed E-state index contributed by atoms with van der Waals surface area (Å²) in [6, 6.07) is 6.23. The first kappa shape index (κ1) is 15.7. The molecule has 1 unspecified atom stereocenters. The summed E-state index contributed by atoms with van der Waals surface area (Å²) in [7, 11) is 0. The van der Waals surface area contributed by atoms with Crippen molar-refractivity contribution in [1.29, 1.82) is 0 Å². The molecule has 2 aromatic heterocycles. The maximum Gasteiger partial charge on any atom is 0.340 e. The number of halogens is 1. The van der Waals surface area contributed by atoms with Crippen LogP contribution in [0.2, 0.25) is 0 Å². The molecule has 0 aliphatic carbocycles. The number of hydrogen-bond acceptors (Lipinski definition) is 6. The van der Waals surface area contributed by atoms with Gasteiger partial charge in [0.15, 0.2) is 0 Å². The molecule has 1 saturated heterocycles. The van der Waals surface area contributed by atoms with E-state index in [4.69, 9.17) is 4.42 Å². The molecule has 3 aromatic rings. The van der Waals surface area contributed by atoms with Gasteiger partial charge in [0.2, 0.25) is 5.89 Å². The van der Waals surface area contributed by atoms with Gasteiger partial charge in [-0.1, -0.05) is 18.6 Å². The Hall–Kier alpha value is -2.81. The van der Waals surface area contributed by atoms with Gasteiger partial charge in [0.1, 0.15) is 11.6 Å². The molecule has 1 aliphatic rings. The van der Waals surface area contributed by atoms with Crippen LogP contribution in [0.5, 0.6) is 0 Å². The first-order valence-electron chi connectivity index (χ1n) is 8.16. The van der Waals surface area contributed by atoms with Crippen LogP contribution in [0.1, 0.15) is 37.0 Å². The molecule has 0 saturated carbocycles. The largest absolute Gasteiger partial charge is 0.419 e. The molecule has 1 atom stereocenters. The van der Waals surface area contributed by atoms with Crippen LogP contribution < -0.4 is 5.69 Å². The predicted octanol–water partition coefficient (Wildman–Crippen LogP) is 2.01. The highest BCUT2D eigenvalue weighted by Crippen LogP contribution is 2.32. The third-order valence-corrected chi connectivity index (χ3v) is 4.35. The van der Waals surface area contributed by atoms with Gasteiger partial charge in [-0.15, -0.1) is 10.2 Å². The van der Waals surface area contributed by atoms with E-state index in [0.29, 0.717) is 23.8 Å². The molecule has 8 nitrogen and oxygen atoms in total. The van der Waals surface area contributed by atoms with Gasteiger partial charge in [-0.25, -0.2) is 14.3 Å². The number of nitrogens with one attached hydrogen (secondary N) is 2. The molecule has 4 rings (SSSR count). The van der Waals surface area contributed by atoms with Crippen molar-refractivity contribution in [2.24, 2.45) is 0 Å². The first-order valence-corrected chi connectivity index (χ1v) is 8.16. The lowest BCUT2D eigenvalue weighted by Crippen LogP contribution is -2.33. The van der Waals surface area contributed by atoms with Gasteiger partial charge < -0.3 is 4.42 Å². The average Bonchev–Trinajstić information content (AvgIpc) is 3.25. The lowest BCUT2D eigenvalue weighted by molar-refractivity contribution is 0.115. The number of hydrogen-bond donors (Lipinski definition) is 2. The van der Waals surface area contributed by atoms with Crippen LogP contribution in [0.25, 0.3) is 11.5 Å². The quantitative estimate of drug-likeness (QED) is 0.750. The van der Waals surface area contributed by atoms with E-state index in [-0.39, 0.29) is 17.6 Å². The first-order chi connectivity index (χ1) is 12.2. The molecular formula is C16H17FN6O2. The summed E-state index contributed by atoms with van der Waals surface area (Å²) in [6.07, 6.45) is 2.93. The van der Waals surface area contributed by atoms with Crippen molar-refractivity contribution in [2.45, 2.75) is 31.8 Å². The van der Waals surface area contributed by atoms with Crippen molar-refractivity contribution in [3.8, 4) is 11.5 Å². The average molecular weight is 344 g/mol. The third-order valence-electron chi connectivity index (χ3n) is 4.35. The number of rotatable bonds is 4. The highest BCUT2D eigenvalue weighted by molar-refractivity contribution is 5.53. The summed E-state index contributed by atoms with van der Waals surface area (Å²) in [5, 5.41) is 14.4.